The van der Waals surface area contributed by atoms with Crippen molar-refractivity contribution in [1.82, 2.24) is 10.2 Å². The molecule has 7 heteroatoms. The number of rotatable bonds is 4. The number of likely N-dealkylation sites (tertiary alicyclic amines) is 1. The molecule has 1 amide bonds. The van der Waals surface area contributed by atoms with Crippen LogP contribution in [0.4, 0.5) is 4.79 Å². The van der Waals surface area contributed by atoms with Gasteiger partial charge < -0.3 is 20.7 Å². The summed E-state index contributed by atoms with van der Waals surface area (Å²) in [7, 11) is 0. The number of nitrogens with one attached hydrogen (secondary N) is 1. The Labute approximate surface area is 179 Å². The van der Waals surface area contributed by atoms with E-state index in [4.69, 9.17) is 10.5 Å². The van der Waals surface area contributed by atoms with E-state index in [1.54, 1.807) is 0 Å². The molecule has 0 aliphatic carbocycles. The van der Waals surface area contributed by atoms with Crippen LogP contribution in [0.5, 0.6) is 0 Å². The molecule has 1 aliphatic rings. The predicted molar refractivity (Wildman–Crippen MR) is 120 cm³/mol. The van der Waals surface area contributed by atoms with Crippen molar-refractivity contribution in [1.29, 1.82) is 0 Å². The largest absolute Gasteiger partial charge is 0.444 e. The first-order chi connectivity index (χ1) is 12.2. The molecule has 1 saturated heterocycles. The van der Waals surface area contributed by atoms with Gasteiger partial charge in [0.25, 0.3) is 0 Å². The molecule has 1 unspecified atom stereocenters. The first-order valence-corrected chi connectivity index (χ1v) is 9.34. The van der Waals surface area contributed by atoms with Crippen molar-refractivity contribution in [3.05, 3.63) is 35.9 Å². The maximum atomic E-state index is 12.2. The number of alkyl carbamates (subject to hydrolysis) is 1. The number of amides is 1. The minimum Gasteiger partial charge on any atom is -0.444 e. The minimum absolute atomic E-state index is 0. The molecule has 1 aromatic rings. The van der Waals surface area contributed by atoms with Crippen LogP contribution in [0.3, 0.4) is 0 Å². The average Bonchev–Trinajstić information content (AvgIpc) is 2.58. The summed E-state index contributed by atoms with van der Waals surface area (Å²) in [6.07, 6.45) is 1.81. The van der Waals surface area contributed by atoms with Crippen molar-refractivity contribution in [2.75, 3.05) is 19.6 Å². The quantitative estimate of drug-likeness (QED) is 0.383. The highest BCUT2D eigenvalue weighted by Gasteiger charge is 2.21. The number of aliphatic imine (C=N–C) groups is 1. The number of piperidine rings is 1. The fourth-order valence-electron chi connectivity index (χ4n) is 2.89. The molecule has 3 N–H and O–H groups in total. The number of carbonyl (C=O) groups excluding carboxylic acids is 1. The van der Waals surface area contributed by atoms with Crippen molar-refractivity contribution in [2.24, 2.45) is 16.6 Å². The number of halogens is 1. The molecule has 0 radical (unpaired) electrons. The number of nitrogens with two attached hydrogens (primary N) is 1. The number of ether oxygens (including phenoxy) is 1. The van der Waals surface area contributed by atoms with Crippen molar-refractivity contribution in [3.63, 3.8) is 0 Å². The lowest BCUT2D eigenvalue weighted by molar-refractivity contribution is 0.0505. The van der Waals surface area contributed by atoms with E-state index in [0.717, 1.165) is 37.4 Å². The number of hydrogen-bond donors (Lipinski definition) is 2. The van der Waals surface area contributed by atoms with Crippen LogP contribution in [0, 0.1) is 5.92 Å². The van der Waals surface area contributed by atoms with E-state index >= 15 is 0 Å². The third kappa shape index (κ3) is 8.36. The van der Waals surface area contributed by atoms with Gasteiger partial charge in [0.2, 0.25) is 0 Å². The zero-order chi connectivity index (χ0) is 19.2. The van der Waals surface area contributed by atoms with Gasteiger partial charge in [0, 0.05) is 13.1 Å². The van der Waals surface area contributed by atoms with Gasteiger partial charge in [-0.15, -0.1) is 24.0 Å². The topological polar surface area (TPSA) is 80.0 Å². The van der Waals surface area contributed by atoms with Gasteiger partial charge in [-0.05, 0) is 45.1 Å². The van der Waals surface area contributed by atoms with Crippen molar-refractivity contribution in [3.8, 4) is 0 Å². The summed E-state index contributed by atoms with van der Waals surface area (Å²) in [5.41, 5.74) is 6.62. The fraction of sp³-hybridized carbons (Fsp3) is 0.600. The normalized spacial score (nSPS) is 17.0. The Morgan fingerprint density at radius 1 is 1.30 bits per heavy atom. The summed E-state index contributed by atoms with van der Waals surface area (Å²) >= 11 is 0. The molecular formula is C20H33IN4O2. The van der Waals surface area contributed by atoms with Crippen LogP contribution in [0.1, 0.15) is 52.1 Å². The summed E-state index contributed by atoms with van der Waals surface area (Å²) in [5.74, 6) is 1.29. The smallest absolute Gasteiger partial charge is 0.408 e. The third-order valence-electron chi connectivity index (χ3n) is 4.44. The van der Waals surface area contributed by atoms with E-state index in [1.807, 2.05) is 51.1 Å². The maximum absolute atomic E-state index is 12.2. The molecule has 152 valence electrons. The molecule has 1 atom stereocenters. The SMILES string of the molecule is CC1CCN(C(N)=NCC(NC(=O)OC(C)(C)C)c2ccccc2)CC1.I. The molecular weight excluding hydrogens is 455 g/mol. The predicted octanol–water partition coefficient (Wildman–Crippen LogP) is 3.92. The Kier molecular flexibility index (Phi) is 9.35. The summed E-state index contributed by atoms with van der Waals surface area (Å²) in [6, 6.07) is 9.48. The van der Waals surface area contributed by atoms with Crippen LogP contribution in [0.2, 0.25) is 0 Å². The molecule has 1 aliphatic heterocycles. The monoisotopic (exact) mass is 488 g/mol. The number of hydrogen-bond acceptors (Lipinski definition) is 3. The molecule has 2 rings (SSSR count). The Bertz CT molecular complexity index is 608. The Morgan fingerprint density at radius 3 is 2.44 bits per heavy atom. The molecule has 0 saturated carbocycles. The van der Waals surface area contributed by atoms with E-state index in [1.165, 1.54) is 0 Å². The summed E-state index contributed by atoms with van der Waals surface area (Å²) < 4.78 is 5.38. The van der Waals surface area contributed by atoms with Gasteiger partial charge in [0.15, 0.2) is 5.96 Å². The molecule has 6 nitrogen and oxygen atoms in total. The molecule has 1 fully saturated rings. The first-order valence-electron chi connectivity index (χ1n) is 9.34. The average molecular weight is 488 g/mol. The second-order valence-corrected chi connectivity index (χ2v) is 7.98. The third-order valence-corrected chi connectivity index (χ3v) is 4.44. The van der Waals surface area contributed by atoms with Crippen LogP contribution >= 0.6 is 24.0 Å². The van der Waals surface area contributed by atoms with Gasteiger partial charge >= 0.3 is 6.09 Å². The van der Waals surface area contributed by atoms with Gasteiger partial charge in [-0.3, -0.25) is 4.99 Å². The molecule has 27 heavy (non-hydrogen) atoms. The number of carbonyl (C=O) groups is 1. The standard InChI is InChI=1S/C20H32N4O2.HI/c1-15-10-12-24(13-11-15)18(21)22-14-17(16-8-6-5-7-9-16)23-19(25)26-20(2,3)4;/h5-9,15,17H,10-14H2,1-4H3,(H2,21,22)(H,23,25);1H. The molecule has 1 aromatic carbocycles. The van der Waals surface area contributed by atoms with E-state index in [0.29, 0.717) is 12.5 Å². The second kappa shape index (κ2) is 10.7. The molecule has 0 aromatic heterocycles. The van der Waals surface area contributed by atoms with Crippen LogP contribution in [0.25, 0.3) is 0 Å². The van der Waals surface area contributed by atoms with Crippen molar-refractivity contribution >= 4 is 36.0 Å². The summed E-state index contributed by atoms with van der Waals surface area (Å²) in [5, 5.41) is 2.91. The summed E-state index contributed by atoms with van der Waals surface area (Å²) in [6.45, 7) is 10.0. The summed E-state index contributed by atoms with van der Waals surface area (Å²) in [4.78, 5) is 18.9. The van der Waals surface area contributed by atoms with Crippen molar-refractivity contribution in [2.45, 2.75) is 52.2 Å². The molecule has 0 spiro atoms. The van der Waals surface area contributed by atoms with E-state index in [-0.39, 0.29) is 30.0 Å². The maximum Gasteiger partial charge on any atom is 0.408 e. The van der Waals surface area contributed by atoms with Gasteiger partial charge in [-0.25, -0.2) is 4.79 Å². The van der Waals surface area contributed by atoms with Gasteiger partial charge in [0.05, 0.1) is 12.6 Å². The lowest BCUT2D eigenvalue weighted by atomic mass is 10.00. The Balaban J connectivity index is 0.00000364. The van der Waals surface area contributed by atoms with Gasteiger partial charge in [0.1, 0.15) is 5.60 Å². The minimum atomic E-state index is -0.544. The lowest BCUT2D eigenvalue weighted by Gasteiger charge is -2.31. The van der Waals surface area contributed by atoms with Crippen LogP contribution in [-0.4, -0.2) is 42.2 Å². The number of benzene rings is 1. The van der Waals surface area contributed by atoms with Gasteiger partial charge in [-0.1, -0.05) is 37.3 Å². The molecule has 1 heterocycles. The van der Waals surface area contributed by atoms with Crippen molar-refractivity contribution < 1.29 is 9.53 Å². The van der Waals surface area contributed by atoms with E-state index < -0.39 is 11.7 Å². The number of guanidine groups is 1. The van der Waals surface area contributed by atoms with Crippen LogP contribution < -0.4 is 11.1 Å². The molecule has 0 bridgehead atoms. The second-order valence-electron chi connectivity index (χ2n) is 7.98. The van der Waals surface area contributed by atoms with Crippen LogP contribution in [0.15, 0.2) is 35.3 Å². The fourth-order valence-corrected chi connectivity index (χ4v) is 2.89. The highest BCUT2D eigenvalue weighted by Crippen LogP contribution is 2.17. The Hall–Kier alpha value is -1.51. The highest BCUT2D eigenvalue weighted by atomic mass is 127. The van der Waals surface area contributed by atoms with Gasteiger partial charge in [-0.2, -0.15) is 0 Å². The van der Waals surface area contributed by atoms with Crippen LogP contribution in [-0.2, 0) is 4.74 Å². The lowest BCUT2D eigenvalue weighted by Crippen LogP contribution is -2.43. The first kappa shape index (κ1) is 23.5. The Morgan fingerprint density at radius 2 is 1.89 bits per heavy atom. The van der Waals surface area contributed by atoms with E-state index in [2.05, 4.69) is 22.1 Å². The van der Waals surface area contributed by atoms with E-state index in [9.17, 15) is 4.79 Å². The number of nitrogens with zero attached hydrogens (tertiary/aromatic N) is 2. The zero-order valence-corrected chi connectivity index (χ0v) is 19.1. The zero-order valence-electron chi connectivity index (χ0n) is 16.8. The highest BCUT2D eigenvalue weighted by molar-refractivity contribution is 14.0.